The van der Waals surface area contributed by atoms with Crippen molar-refractivity contribution in [2.45, 2.75) is 25.5 Å². The van der Waals surface area contributed by atoms with E-state index in [1.165, 1.54) is 17.4 Å². The van der Waals surface area contributed by atoms with Gasteiger partial charge in [-0.25, -0.2) is 4.39 Å². The Morgan fingerprint density at radius 2 is 2.00 bits per heavy atom. The number of carbonyl (C=O) groups excluding carboxylic acids is 1. The van der Waals surface area contributed by atoms with E-state index in [1.54, 1.807) is 6.07 Å². The summed E-state index contributed by atoms with van der Waals surface area (Å²) in [7, 11) is 4.10. The lowest BCUT2D eigenvalue weighted by Crippen LogP contribution is -2.47. The summed E-state index contributed by atoms with van der Waals surface area (Å²) in [6.07, 6.45) is 2.06. The van der Waals surface area contributed by atoms with Crippen LogP contribution in [-0.4, -0.2) is 48.9 Å². The second-order valence-corrected chi connectivity index (χ2v) is 8.69. The molecular formula is C23H25FN2O2S. The van der Waals surface area contributed by atoms with Gasteiger partial charge in [0.25, 0.3) is 5.91 Å². The minimum absolute atomic E-state index is 0.0242. The number of hydrogen-bond donors (Lipinski definition) is 0. The van der Waals surface area contributed by atoms with E-state index < -0.39 is 0 Å². The number of carbonyl (C=O) groups is 1. The predicted octanol–water partition coefficient (Wildman–Crippen LogP) is 4.79. The van der Waals surface area contributed by atoms with Crippen LogP contribution in [0.2, 0.25) is 0 Å². The lowest BCUT2D eigenvalue weighted by molar-refractivity contribution is 0.0637. The number of nitrogens with zero attached hydrogens (tertiary/aromatic N) is 2. The molecule has 1 fully saturated rings. The zero-order chi connectivity index (χ0) is 20.4. The van der Waals surface area contributed by atoms with Gasteiger partial charge in [0, 0.05) is 34.8 Å². The number of amides is 1. The second kappa shape index (κ2) is 8.51. The van der Waals surface area contributed by atoms with Crippen LogP contribution in [0.5, 0.6) is 5.75 Å². The van der Waals surface area contributed by atoms with Crippen molar-refractivity contribution in [2.75, 3.05) is 27.2 Å². The summed E-state index contributed by atoms with van der Waals surface area (Å²) in [5.74, 6) is 0.366. The van der Waals surface area contributed by atoms with Crippen molar-refractivity contribution < 1.29 is 13.9 Å². The number of likely N-dealkylation sites (tertiary alicyclic amines) is 1. The van der Waals surface area contributed by atoms with Crippen LogP contribution in [-0.2, 0) is 6.61 Å². The molecule has 4 rings (SSSR count). The van der Waals surface area contributed by atoms with Crippen LogP contribution in [0.1, 0.15) is 28.1 Å². The number of fused-ring (bicyclic) bond motifs is 1. The summed E-state index contributed by atoms with van der Waals surface area (Å²) in [5.41, 5.74) is 0.643. The van der Waals surface area contributed by atoms with Gasteiger partial charge in [-0.2, -0.15) is 0 Å². The van der Waals surface area contributed by atoms with Crippen LogP contribution in [0.25, 0.3) is 10.1 Å². The highest BCUT2D eigenvalue weighted by atomic mass is 32.1. The lowest BCUT2D eigenvalue weighted by atomic mass is 10.0. The number of ether oxygens (including phenoxy) is 1. The fourth-order valence-electron chi connectivity index (χ4n) is 3.85. The number of halogens is 1. The second-order valence-electron chi connectivity index (χ2n) is 7.64. The number of rotatable bonds is 5. The van der Waals surface area contributed by atoms with E-state index in [0.717, 1.165) is 24.1 Å². The van der Waals surface area contributed by atoms with Crippen molar-refractivity contribution in [1.29, 1.82) is 0 Å². The van der Waals surface area contributed by atoms with Crippen LogP contribution in [0.3, 0.4) is 0 Å². The SMILES string of the molecule is CN(C)C1CCCN(C(=O)c2sc3cccc(F)c3c2COc2ccccc2)C1. The molecule has 4 nitrogen and oxygen atoms in total. The monoisotopic (exact) mass is 412 g/mol. The molecule has 3 aromatic rings. The number of hydrogen-bond acceptors (Lipinski definition) is 4. The van der Waals surface area contributed by atoms with Gasteiger partial charge in [-0.1, -0.05) is 24.3 Å². The van der Waals surface area contributed by atoms with E-state index in [2.05, 4.69) is 4.90 Å². The molecule has 0 spiro atoms. The van der Waals surface area contributed by atoms with Gasteiger partial charge >= 0.3 is 0 Å². The number of para-hydroxylation sites is 1. The molecule has 2 heterocycles. The highest BCUT2D eigenvalue weighted by Gasteiger charge is 2.29. The highest BCUT2D eigenvalue weighted by molar-refractivity contribution is 7.21. The van der Waals surface area contributed by atoms with Gasteiger partial charge in [0.1, 0.15) is 18.2 Å². The first-order valence-corrected chi connectivity index (χ1v) is 10.7. The molecule has 2 aromatic carbocycles. The first-order valence-electron chi connectivity index (χ1n) is 9.88. The Morgan fingerprint density at radius 1 is 1.21 bits per heavy atom. The molecule has 0 saturated carbocycles. The third-order valence-corrected chi connectivity index (χ3v) is 6.68. The van der Waals surface area contributed by atoms with Crippen LogP contribution in [0, 0.1) is 5.82 Å². The van der Waals surface area contributed by atoms with Crippen LogP contribution < -0.4 is 4.74 Å². The topological polar surface area (TPSA) is 32.8 Å². The van der Waals surface area contributed by atoms with Gasteiger partial charge in [0.05, 0.1) is 4.88 Å². The molecule has 0 radical (unpaired) electrons. The third-order valence-electron chi connectivity index (χ3n) is 5.50. The van der Waals surface area contributed by atoms with E-state index in [9.17, 15) is 9.18 Å². The van der Waals surface area contributed by atoms with E-state index >= 15 is 0 Å². The maximum atomic E-state index is 14.7. The average Bonchev–Trinajstić information content (AvgIpc) is 3.12. The fourth-order valence-corrected chi connectivity index (χ4v) is 5.04. The van der Waals surface area contributed by atoms with Gasteiger partial charge < -0.3 is 14.5 Å². The Labute approximate surface area is 174 Å². The predicted molar refractivity (Wildman–Crippen MR) is 115 cm³/mol. The lowest BCUT2D eigenvalue weighted by Gasteiger charge is -2.36. The Kier molecular flexibility index (Phi) is 5.83. The Morgan fingerprint density at radius 3 is 2.76 bits per heavy atom. The number of benzene rings is 2. The first kappa shape index (κ1) is 19.9. The smallest absolute Gasteiger partial charge is 0.264 e. The van der Waals surface area contributed by atoms with E-state index in [-0.39, 0.29) is 18.3 Å². The maximum absolute atomic E-state index is 14.7. The molecule has 1 aliphatic heterocycles. The molecule has 1 atom stereocenters. The standard InChI is InChI=1S/C23H25FN2O2S/c1-25(2)16-8-7-13-26(14-16)23(27)22-18(15-28-17-9-4-3-5-10-17)21-19(24)11-6-12-20(21)29-22/h3-6,9-12,16H,7-8,13-15H2,1-2H3. The number of piperidine rings is 1. The zero-order valence-electron chi connectivity index (χ0n) is 16.7. The summed E-state index contributed by atoms with van der Waals surface area (Å²) in [6.45, 7) is 1.59. The molecule has 6 heteroatoms. The average molecular weight is 413 g/mol. The third kappa shape index (κ3) is 4.14. The zero-order valence-corrected chi connectivity index (χ0v) is 17.5. The van der Waals surface area contributed by atoms with E-state index in [1.807, 2.05) is 55.4 Å². The van der Waals surface area contributed by atoms with Crippen molar-refractivity contribution in [1.82, 2.24) is 9.80 Å². The number of thiophene rings is 1. The summed E-state index contributed by atoms with van der Waals surface area (Å²) in [6, 6.07) is 14.8. The summed E-state index contributed by atoms with van der Waals surface area (Å²) in [5, 5.41) is 0.498. The van der Waals surface area contributed by atoms with E-state index in [4.69, 9.17) is 4.74 Å². The summed E-state index contributed by atoms with van der Waals surface area (Å²) < 4.78 is 21.4. The molecule has 0 aliphatic carbocycles. The summed E-state index contributed by atoms with van der Waals surface area (Å²) >= 11 is 1.36. The van der Waals surface area contributed by atoms with Crippen LogP contribution in [0.4, 0.5) is 4.39 Å². The Balaban J connectivity index is 1.67. The molecule has 1 aromatic heterocycles. The van der Waals surface area contributed by atoms with Crippen molar-refractivity contribution in [3.8, 4) is 5.75 Å². The maximum Gasteiger partial charge on any atom is 0.264 e. The summed E-state index contributed by atoms with van der Waals surface area (Å²) in [4.78, 5) is 18.1. The van der Waals surface area contributed by atoms with E-state index in [0.29, 0.717) is 34.2 Å². The van der Waals surface area contributed by atoms with Crippen molar-refractivity contribution in [2.24, 2.45) is 0 Å². The fraction of sp³-hybridized carbons (Fsp3) is 0.348. The van der Waals surface area contributed by atoms with Gasteiger partial charge in [0.15, 0.2) is 0 Å². The van der Waals surface area contributed by atoms with Gasteiger partial charge in [0.2, 0.25) is 0 Å². The minimum Gasteiger partial charge on any atom is -0.489 e. The molecule has 29 heavy (non-hydrogen) atoms. The Bertz CT molecular complexity index is 1000. The van der Waals surface area contributed by atoms with Crippen LogP contribution >= 0.6 is 11.3 Å². The highest BCUT2D eigenvalue weighted by Crippen LogP contribution is 2.35. The van der Waals surface area contributed by atoms with Crippen LogP contribution in [0.15, 0.2) is 48.5 Å². The molecule has 0 bridgehead atoms. The quantitative estimate of drug-likeness (QED) is 0.604. The molecular weight excluding hydrogens is 387 g/mol. The molecule has 1 amide bonds. The molecule has 1 saturated heterocycles. The van der Waals surface area contributed by atoms with Gasteiger partial charge in [-0.3, -0.25) is 4.79 Å². The van der Waals surface area contributed by atoms with Gasteiger partial charge in [-0.05, 0) is 51.2 Å². The van der Waals surface area contributed by atoms with Gasteiger partial charge in [-0.15, -0.1) is 11.3 Å². The Hall–Kier alpha value is -2.44. The normalized spacial score (nSPS) is 17.1. The van der Waals surface area contributed by atoms with Crippen molar-refractivity contribution in [3.63, 3.8) is 0 Å². The molecule has 0 N–H and O–H groups in total. The van der Waals surface area contributed by atoms with Crippen molar-refractivity contribution >= 4 is 27.3 Å². The molecule has 1 aliphatic rings. The minimum atomic E-state index is -0.311. The first-order chi connectivity index (χ1) is 14.0. The number of likely N-dealkylation sites (N-methyl/N-ethyl adjacent to an activating group) is 1. The van der Waals surface area contributed by atoms with Crippen molar-refractivity contribution in [3.05, 3.63) is 64.8 Å². The largest absolute Gasteiger partial charge is 0.489 e. The molecule has 1 unspecified atom stereocenters. The molecule has 152 valence electrons.